The lowest BCUT2D eigenvalue weighted by atomic mass is 10.1. The highest BCUT2D eigenvalue weighted by atomic mass is 32.1. The predicted octanol–water partition coefficient (Wildman–Crippen LogP) is 2.28. The summed E-state index contributed by atoms with van der Waals surface area (Å²) in [4.78, 5) is 31.8. The number of amides is 2. The van der Waals surface area contributed by atoms with Gasteiger partial charge in [-0.25, -0.2) is 4.98 Å². The predicted molar refractivity (Wildman–Crippen MR) is 109 cm³/mol. The molecule has 2 heterocycles. The molecule has 2 amide bonds. The van der Waals surface area contributed by atoms with E-state index in [2.05, 4.69) is 10.3 Å². The van der Waals surface area contributed by atoms with Crippen LogP contribution >= 0.6 is 11.3 Å². The third kappa shape index (κ3) is 5.22. The van der Waals surface area contributed by atoms with Crippen LogP contribution in [0.5, 0.6) is 5.75 Å². The van der Waals surface area contributed by atoms with Gasteiger partial charge in [-0.05, 0) is 37.5 Å². The highest BCUT2D eigenvalue weighted by Crippen LogP contribution is 2.21. The van der Waals surface area contributed by atoms with Crippen molar-refractivity contribution in [2.24, 2.45) is 0 Å². The van der Waals surface area contributed by atoms with E-state index in [1.807, 2.05) is 36.1 Å². The maximum Gasteiger partial charge on any atom is 0.225 e. The molecule has 1 aliphatic rings. The van der Waals surface area contributed by atoms with E-state index < -0.39 is 0 Å². The molecular weight excluding hydrogens is 376 g/mol. The molecule has 1 unspecified atom stereocenters. The number of carbonyl (C=O) groups excluding carboxylic acids is 2. The van der Waals surface area contributed by atoms with Crippen molar-refractivity contribution in [3.8, 4) is 5.75 Å². The largest absolute Gasteiger partial charge is 0.497 e. The number of hydrogen-bond donors (Lipinski definition) is 2. The molecule has 0 radical (unpaired) electrons. The summed E-state index contributed by atoms with van der Waals surface area (Å²) >= 11 is 1.35. The first-order chi connectivity index (χ1) is 13.4. The summed E-state index contributed by atoms with van der Waals surface area (Å²) in [5.41, 5.74) is 7.54. The van der Waals surface area contributed by atoms with E-state index in [4.69, 9.17) is 10.5 Å². The second-order valence-electron chi connectivity index (χ2n) is 7.00. The lowest BCUT2D eigenvalue weighted by molar-refractivity contribution is -0.131. The molecule has 7 nitrogen and oxygen atoms in total. The normalized spacial score (nSPS) is 17.3. The van der Waals surface area contributed by atoms with Crippen molar-refractivity contribution in [1.29, 1.82) is 0 Å². The second-order valence-corrected chi connectivity index (χ2v) is 8.11. The van der Waals surface area contributed by atoms with Crippen LogP contribution in [0.15, 0.2) is 24.3 Å². The minimum Gasteiger partial charge on any atom is -0.497 e. The summed E-state index contributed by atoms with van der Waals surface area (Å²) in [6.45, 7) is 3.03. The van der Waals surface area contributed by atoms with Crippen LogP contribution in [0.3, 0.4) is 0 Å². The summed E-state index contributed by atoms with van der Waals surface area (Å²) in [7, 11) is 1.63. The number of anilines is 1. The molecule has 1 aliphatic heterocycles. The van der Waals surface area contributed by atoms with Gasteiger partial charge in [-0.15, -0.1) is 11.3 Å². The number of hydrogen-bond acceptors (Lipinski definition) is 6. The average Bonchev–Trinajstić information content (AvgIpc) is 2.88. The number of ether oxygens (including phenoxy) is 1. The first kappa shape index (κ1) is 20.1. The van der Waals surface area contributed by atoms with E-state index >= 15 is 0 Å². The molecule has 1 fully saturated rings. The Kier molecular flexibility index (Phi) is 6.51. The molecule has 28 heavy (non-hydrogen) atoms. The highest BCUT2D eigenvalue weighted by molar-refractivity contribution is 7.15. The van der Waals surface area contributed by atoms with Gasteiger partial charge in [0.05, 0.1) is 19.2 Å². The molecule has 8 heteroatoms. The Morgan fingerprint density at radius 2 is 2.25 bits per heavy atom. The van der Waals surface area contributed by atoms with E-state index in [1.165, 1.54) is 11.3 Å². The van der Waals surface area contributed by atoms with Crippen LogP contribution in [0.1, 0.15) is 35.4 Å². The molecule has 0 bridgehead atoms. The number of nitrogens with zero attached hydrogens (tertiary/aromatic N) is 2. The van der Waals surface area contributed by atoms with Crippen molar-refractivity contribution in [2.75, 3.05) is 19.4 Å². The molecule has 0 spiro atoms. The summed E-state index contributed by atoms with van der Waals surface area (Å²) in [5, 5.41) is 3.55. The number of nitrogens with one attached hydrogen (secondary N) is 1. The number of nitrogens with two attached hydrogens (primary N) is 1. The number of likely N-dealkylation sites (tertiary alicyclic amines) is 1. The number of nitrogen functional groups attached to an aromatic ring is 1. The Balaban J connectivity index is 1.55. The molecule has 3 rings (SSSR count). The maximum absolute atomic E-state index is 12.5. The van der Waals surface area contributed by atoms with Crippen LogP contribution < -0.4 is 15.8 Å². The zero-order chi connectivity index (χ0) is 20.1. The van der Waals surface area contributed by atoms with Crippen LogP contribution in [0.25, 0.3) is 0 Å². The zero-order valence-electron chi connectivity index (χ0n) is 16.2. The Morgan fingerprint density at radius 1 is 1.43 bits per heavy atom. The van der Waals surface area contributed by atoms with E-state index in [9.17, 15) is 9.59 Å². The van der Waals surface area contributed by atoms with Gasteiger partial charge in [-0.3, -0.25) is 9.59 Å². The van der Waals surface area contributed by atoms with E-state index in [1.54, 1.807) is 7.11 Å². The first-order valence-electron chi connectivity index (χ1n) is 9.36. The van der Waals surface area contributed by atoms with Crippen molar-refractivity contribution in [3.05, 3.63) is 40.4 Å². The average molecular weight is 403 g/mol. The fraction of sp³-hybridized carbons (Fsp3) is 0.450. The molecule has 0 aliphatic carbocycles. The molecule has 1 aromatic carbocycles. The van der Waals surface area contributed by atoms with Gasteiger partial charge in [0.25, 0.3) is 0 Å². The van der Waals surface area contributed by atoms with Crippen LogP contribution in [0.4, 0.5) is 5.13 Å². The minimum absolute atomic E-state index is 0.00247. The smallest absolute Gasteiger partial charge is 0.225 e. The van der Waals surface area contributed by atoms with Gasteiger partial charge < -0.3 is 20.7 Å². The monoisotopic (exact) mass is 402 g/mol. The molecule has 150 valence electrons. The lowest BCUT2D eigenvalue weighted by Crippen LogP contribution is -2.36. The Morgan fingerprint density at radius 3 is 2.96 bits per heavy atom. The molecular formula is C20H26N4O3S. The van der Waals surface area contributed by atoms with Crippen molar-refractivity contribution < 1.29 is 14.3 Å². The van der Waals surface area contributed by atoms with Gasteiger partial charge in [-0.1, -0.05) is 12.1 Å². The fourth-order valence-corrected chi connectivity index (χ4v) is 4.21. The number of carbonyl (C=O) groups is 2. The topological polar surface area (TPSA) is 97.6 Å². The van der Waals surface area contributed by atoms with Crippen LogP contribution in [0, 0.1) is 6.92 Å². The number of aromatic nitrogens is 1. The number of thiazole rings is 1. The lowest BCUT2D eigenvalue weighted by Gasteiger charge is -2.21. The van der Waals surface area contributed by atoms with Gasteiger partial charge in [0, 0.05) is 30.4 Å². The van der Waals surface area contributed by atoms with Gasteiger partial charge in [0.2, 0.25) is 11.8 Å². The van der Waals surface area contributed by atoms with Gasteiger partial charge >= 0.3 is 0 Å². The fourth-order valence-electron chi connectivity index (χ4n) is 3.38. The Labute approximate surface area is 168 Å². The zero-order valence-corrected chi connectivity index (χ0v) is 17.1. The van der Waals surface area contributed by atoms with Crippen molar-refractivity contribution in [3.63, 3.8) is 0 Å². The number of rotatable bonds is 6. The summed E-state index contributed by atoms with van der Waals surface area (Å²) in [5.74, 6) is 0.847. The van der Waals surface area contributed by atoms with Crippen LogP contribution in [-0.4, -0.2) is 41.4 Å². The SMILES string of the molecule is COc1cccc(CN2CCC(NC(=O)Cc3sc(N)nc3C)CCC2=O)c1. The third-order valence-corrected chi connectivity index (χ3v) is 5.90. The molecule has 1 atom stereocenters. The van der Waals surface area contributed by atoms with Crippen molar-refractivity contribution >= 4 is 28.3 Å². The van der Waals surface area contributed by atoms with Crippen LogP contribution in [0.2, 0.25) is 0 Å². The molecule has 3 N–H and O–H groups in total. The number of aryl methyl sites for hydroxylation is 1. The van der Waals surface area contributed by atoms with E-state index in [-0.39, 0.29) is 24.3 Å². The summed E-state index contributed by atoms with van der Waals surface area (Å²) in [6.07, 6.45) is 2.11. The molecule has 0 saturated carbocycles. The van der Waals surface area contributed by atoms with Crippen molar-refractivity contribution in [2.45, 2.75) is 45.2 Å². The molecule has 1 aromatic heterocycles. The quantitative estimate of drug-likeness (QED) is 0.773. The number of methoxy groups -OCH3 is 1. The van der Waals surface area contributed by atoms with Gasteiger partial charge in [0.15, 0.2) is 5.13 Å². The van der Waals surface area contributed by atoms with Crippen molar-refractivity contribution in [1.82, 2.24) is 15.2 Å². The summed E-state index contributed by atoms with van der Waals surface area (Å²) in [6, 6.07) is 7.74. The first-order valence-corrected chi connectivity index (χ1v) is 10.2. The standard InChI is InChI=1S/C20H26N4O3S/c1-13-17(28-20(21)22-13)11-18(25)23-15-6-7-19(26)24(9-8-15)12-14-4-3-5-16(10-14)27-2/h3-5,10,15H,6-9,11-12H2,1-2H3,(H2,21,22)(H,23,25). The van der Waals surface area contributed by atoms with Gasteiger partial charge in [0.1, 0.15) is 5.75 Å². The Hall–Kier alpha value is -2.61. The maximum atomic E-state index is 12.5. The third-order valence-electron chi connectivity index (χ3n) is 4.91. The minimum atomic E-state index is -0.0505. The van der Waals surface area contributed by atoms with E-state index in [0.717, 1.165) is 28.3 Å². The van der Waals surface area contributed by atoms with Gasteiger partial charge in [-0.2, -0.15) is 0 Å². The molecule has 2 aromatic rings. The second kappa shape index (κ2) is 9.05. The number of benzene rings is 1. The summed E-state index contributed by atoms with van der Waals surface area (Å²) < 4.78 is 5.25. The highest BCUT2D eigenvalue weighted by Gasteiger charge is 2.24. The molecule has 1 saturated heterocycles. The van der Waals surface area contributed by atoms with E-state index in [0.29, 0.717) is 31.1 Å². The Bertz CT molecular complexity index is 852. The van der Waals surface area contributed by atoms with Crippen LogP contribution in [-0.2, 0) is 22.6 Å².